The molecule has 1 saturated heterocycles. The highest BCUT2D eigenvalue weighted by Gasteiger charge is 2.44. The van der Waals surface area contributed by atoms with Crippen LogP contribution in [-0.4, -0.2) is 100 Å². The van der Waals surface area contributed by atoms with Gasteiger partial charge in [0.25, 0.3) is 0 Å². The van der Waals surface area contributed by atoms with Gasteiger partial charge in [-0.15, -0.1) is 0 Å². The Bertz CT molecular complexity index is 1210. The lowest BCUT2D eigenvalue weighted by Crippen LogP contribution is -2.60. The Kier molecular flexibility index (Phi) is 43.4. The number of unbranched alkanes of at least 4 members (excludes halogenated alkanes) is 29. The number of aliphatic hydroxyl groups is 5. The quantitative estimate of drug-likeness (QED) is 0.0196. The number of hydrogen-bond donors (Lipinski definition) is 6. The molecule has 0 aromatic carbocycles. The highest BCUT2D eigenvalue weighted by molar-refractivity contribution is 5.76. The van der Waals surface area contributed by atoms with E-state index in [1.54, 1.807) is 6.08 Å². The number of carbonyl (C=O) groups excluding carboxylic acids is 2. The minimum Gasteiger partial charge on any atom is -0.466 e. The third-order valence-electron chi connectivity index (χ3n) is 13.0. The summed E-state index contributed by atoms with van der Waals surface area (Å²) in [5.41, 5.74) is 0. The minimum atomic E-state index is -1.59. The Balaban J connectivity index is 2.10. The van der Waals surface area contributed by atoms with Crippen molar-refractivity contribution in [3.05, 3.63) is 36.5 Å². The van der Waals surface area contributed by atoms with Gasteiger partial charge in [-0.2, -0.15) is 0 Å². The van der Waals surface area contributed by atoms with Crippen molar-refractivity contribution in [1.29, 1.82) is 0 Å². The van der Waals surface area contributed by atoms with Crippen LogP contribution in [0.15, 0.2) is 36.5 Å². The standard InChI is InChI=1S/C56H103NO10/c1-3-5-7-9-11-13-14-15-16-17-18-19-20-21-24-28-32-36-40-44-52(61)65-45-41-37-33-29-25-22-23-27-31-35-39-43-51(60)57-48(49(59)42-38-34-30-26-12-10-8-6-4-2)47-66-56-55(64)54(63)53(62)50(46-58)67-56/h12,25-26,29,38,42,48-50,53-56,58-59,62-64H,3-11,13-24,27-28,30-37,39-41,43-47H2,1-2H3,(H,57,60)/b26-12+,29-25-,42-38+. The van der Waals surface area contributed by atoms with Crippen molar-refractivity contribution in [3.63, 3.8) is 0 Å². The second-order valence-corrected chi connectivity index (χ2v) is 19.3. The van der Waals surface area contributed by atoms with Gasteiger partial charge < -0.3 is 45.1 Å². The summed E-state index contributed by atoms with van der Waals surface area (Å²) < 4.78 is 16.6. The second-order valence-electron chi connectivity index (χ2n) is 19.3. The molecule has 1 aliphatic heterocycles. The van der Waals surface area contributed by atoms with Gasteiger partial charge in [0.1, 0.15) is 24.4 Å². The number of allylic oxidation sites excluding steroid dienone is 5. The van der Waals surface area contributed by atoms with Crippen molar-refractivity contribution in [2.75, 3.05) is 19.8 Å². The first-order chi connectivity index (χ1) is 32.7. The van der Waals surface area contributed by atoms with Crippen LogP contribution in [-0.2, 0) is 23.8 Å². The summed E-state index contributed by atoms with van der Waals surface area (Å²) in [6.45, 7) is 4.17. The fourth-order valence-electron chi connectivity index (χ4n) is 8.50. The van der Waals surface area contributed by atoms with Crippen molar-refractivity contribution in [2.24, 2.45) is 0 Å². The van der Waals surface area contributed by atoms with Gasteiger partial charge in [-0.25, -0.2) is 0 Å². The zero-order valence-electron chi connectivity index (χ0n) is 42.9. The van der Waals surface area contributed by atoms with Crippen LogP contribution in [0.4, 0.5) is 0 Å². The van der Waals surface area contributed by atoms with Gasteiger partial charge in [-0.05, 0) is 70.6 Å². The number of amides is 1. The highest BCUT2D eigenvalue weighted by Crippen LogP contribution is 2.23. The predicted octanol–water partition coefficient (Wildman–Crippen LogP) is 11.9. The largest absolute Gasteiger partial charge is 0.466 e. The van der Waals surface area contributed by atoms with E-state index in [4.69, 9.17) is 14.2 Å². The fourth-order valence-corrected chi connectivity index (χ4v) is 8.50. The molecule has 392 valence electrons. The van der Waals surface area contributed by atoms with Gasteiger partial charge in [0.15, 0.2) is 6.29 Å². The summed E-state index contributed by atoms with van der Waals surface area (Å²) >= 11 is 0. The topological polar surface area (TPSA) is 175 Å². The van der Waals surface area contributed by atoms with Crippen LogP contribution in [0.3, 0.4) is 0 Å². The molecule has 11 heteroatoms. The molecule has 1 heterocycles. The lowest BCUT2D eigenvalue weighted by atomic mass is 9.99. The zero-order valence-corrected chi connectivity index (χ0v) is 42.9. The van der Waals surface area contributed by atoms with E-state index in [1.165, 1.54) is 128 Å². The lowest BCUT2D eigenvalue weighted by molar-refractivity contribution is -0.302. The normalized spacial score (nSPS) is 19.8. The Hall–Kier alpha value is -2.12. The summed E-state index contributed by atoms with van der Waals surface area (Å²) in [7, 11) is 0. The number of rotatable bonds is 47. The summed E-state index contributed by atoms with van der Waals surface area (Å²) in [5.74, 6) is -0.278. The fraction of sp³-hybridized carbons (Fsp3) is 0.857. The smallest absolute Gasteiger partial charge is 0.305 e. The molecule has 1 aliphatic rings. The molecule has 1 amide bonds. The third kappa shape index (κ3) is 36.5. The molecule has 7 atom stereocenters. The van der Waals surface area contributed by atoms with E-state index in [0.717, 1.165) is 83.5 Å². The average Bonchev–Trinajstić information content (AvgIpc) is 3.32. The summed E-state index contributed by atoms with van der Waals surface area (Å²) in [6, 6.07) is -0.847. The third-order valence-corrected chi connectivity index (χ3v) is 13.0. The zero-order chi connectivity index (χ0) is 48.8. The lowest BCUT2D eigenvalue weighted by Gasteiger charge is -2.40. The SMILES string of the molecule is CCCCC/C=C/CC/C=C/C(O)C(COC1OC(CO)C(O)C(O)C1O)NC(=O)CCCCCCC/C=C\CCCCOC(=O)CCCCCCCCCCCCCCCCCCCCC. The molecule has 67 heavy (non-hydrogen) atoms. The predicted molar refractivity (Wildman–Crippen MR) is 274 cm³/mol. The van der Waals surface area contributed by atoms with E-state index in [0.29, 0.717) is 25.9 Å². The van der Waals surface area contributed by atoms with Crippen molar-refractivity contribution < 1.29 is 49.3 Å². The van der Waals surface area contributed by atoms with Crippen LogP contribution in [0.5, 0.6) is 0 Å². The number of esters is 1. The molecule has 1 fully saturated rings. The molecule has 0 aromatic rings. The number of nitrogens with one attached hydrogen (secondary N) is 1. The molecule has 11 nitrogen and oxygen atoms in total. The van der Waals surface area contributed by atoms with E-state index < -0.39 is 49.5 Å². The number of carbonyl (C=O) groups is 2. The maximum atomic E-state index is 12.9. The summed E-state index contributed by atoms with van der Waals surface area (Å²) in [4.78, 5) is 25.1. The molecular weight excluding hydrogens is 847 g/mol. The maximum absolute atomic E-state index is 12.9. The number of ether oxygens (including phenoxy) is 3. The average molecular weight is 950 g/mol. The highest BCUT2D eigenvalue weighted by atomic mass is 16.7. The molecule has 0 radical (unpaired) electrons. The molecule has 0 spiro atoms. The van der Waals surface area contributed by atoms with Gasteiger partial charge in [-0.3, -0.25) is 9.59 Å². The van der Waals surface area contributed by atoms with Crippen LogP contribution in [0.1, 0.15) is 245 Å². The van der Waals surface area contributed by atoms with Crippen LogP contribution < -0.4 is 5.32 Å². The molecule has 1 rings (SSSR count). The van der Waals surface area contributed by atoms with Crippen LogP contribution in [0, 0.1) is 0 Å². The molecule has 0 aromatic heterocycles. The first kappa shape index (κ1) is 62.9. The van der Waals surface area contributed by atoms with Gasteiger partial charge in [0.05, 0.1) is 32.0 Å². The van der Waals surface area contributed by atoms with Crippen LogP contribution in [0.25, 0.3) is 0 Å². The van der Waals surface area contributed by atoms with E-state index in [1.807, 2.05) is 6.08 Å². The van der Waals surface area contributed by atoms with Crippen molar-refractivity contribution in [3.8, 4) is 0 Å². The first-order valence-electron chi connectivity index (χ1n) is 27.8. The molecule has 0 bridgehead atoms. The minimum absolute atomic E-state index is 0.0546. The monoisotopic (exact) mass is 950 g/mol. The number of hydrogen-bond acceptors (Lipinski definition) is 10. The Morgan fingerprint density at radius 1 is 0.537 bits per heavy atom. The molecule has 0 aliphatic carbocycles. The van der Waals surface area contributed by atoms with Gasteiger partial charge in [0, 0.05) is 12.8 Å². The Morgan fingerprint density at radius 3 is 1.51 bits per heavy atom. The van der Waals surface area contributed by atoms with E-state index >= 15 is 0 Å². The van der Waals surface area contributed by atoms with Gasteiger partial charge >= 0.3 is 5.97 Å². The molecule has 0 saturated carbocycles. The van der Waals surface area contributed by atoms with E-state index in [2.05, 4.69) is 43.5 Å². The Labute approximate surface area is 409 Å². The van der Waals surface area contributed by atoms with E-state index in [9.17, 15) is 35.1 Å². The van der Waals surface area contributed by atoms with Gasteiger partial charge in [0.2, 0.25) is 5.91 Å². The second kappa shape index (κ2) is 46.3. The van der Waals surface area contributed by atoms with Crippen molar-refractivity contribution in [2.45, 2.75) is 288 Å². The molecule has 6 N–H and O–H groups in total. The van der Waals surface area contributed by atoms with Crippen molar-refractivity contribution in [1.82, 2.24) is 5.32 Å². The van der Waals surface area contributed by atoms with Crippen LogP contribution >= 0.6 is 0 Å². The maximum Gasteiger partial charge on any atom is 0.305 e. The summed E-state index contributed by atoms with van der Waals surface area (Å²) in [6.07, 6.45) is 45.4. The van der Waals surface area contributed by atoms with Gasteiger partial charge in [-0.1, -0.05) is 198 Å². The van der Waals surface area contributed by atoms with E-state index in [-0.39, 0.29) is 18.5 Å². The first-order valence-corrected chi connectivity index (χ1v) is 27.8. The Morgan fingerprint density at radius 2 is 0.970 bits per heavy atom. The number of aliphatic hydroxyl groups excluding tert-OH is 5. The summed E-state index contributed by atoms with van der Waals surface area (Å²) in [5, 5.41) is 54.0. The molecule has 7 unspecified atom stereocenters. The van der Waals surface area contributed by atoms with Crippen molar-refractivity contribution >= 4 is 11.9 Å². The molecular formula is C56H103NO10. The van der Waals surface area contributed by atoms with Crippen LogP contribution in [0.2, 0.25) is 0 Å².